The number of nitrogens with one attached hydrogen (secondary N) is 2. The van der Waals surface area contributed by atoms with Gasteiger partial charge >= 0.3 is 0 Å². The number of pyridine rings is 1. The lowest BCUT2D eigenvalue weighted by atomic mass is 10.4. The van der Waals surface area contributed by atoms with Crippen molar-refractivity contribution in [2.45, 2.75) is 13.3 Å². The predicted molar refractivity (Wildman–Crippen MR) is 105 cm³/mol. The fourth-order valence-electron chi connectivity index (χ4n) is 1.98. The third-order valence-electron chi connectivity index (χ3n) is 3.24. The molecule has 132 valence electrons. The highest BCUT2D eigenvalue weighted by Crippen LogP contribution is 2.02. The molecule has 9 heteroatoms. The first-order valence-corrected chi connectivity index (χ1v) is 7.62. The zero-order chi connectivity index (χ0) is 16.7. The monoisotopic (exact) mass is 445 g/mol. The number of carbonyl (C=O) groups excluding carboxylic acids is 1. The van der Waals surface area contributed by atoms with Gasteiger partial charge in [0, 0.05) is 39.8 Å². The van der Waals surface area contributed by atoms with Crippen LogP contribution in [0.25, 0.3) is 5.65 Å². The molecule has 0 fully saturated rings. The van der Waals surface area contributed by atoms with Gasteiger partial charge in [-0.15, -0.1) is 34.2 Å². The van der Waals surface area contributed by atoms with E-state index in [0.717, 1.165) is 18.0 Å². The fraction of sp³-hybridized carbons (Fsp3) is 0.467. The van der Waals surface area contributed by atoms with Crippen molar-refractivity contribution in [1.29, 1.82) is 0 Å². The molecule has 2 aromatic rings. The number of halogens is 1. The molecule has 1 amide bonds. The van der Waals surface area contributed by atoms with Crippen molar-refractivity contribution in [1.82, 2.24) is 30.1 Å². The molecule has 0 unspecified atom stereocenters. The van der Waals surface area contributed by atoms with Crippen molar-refractivity contribution in [3.63, 3.8) is 0 Å². The van der Waals surface area contributed by atoms with Gasteiger partial charge in [0.1, 0.15) is 12.4 Å². The third-order valence-corrected chi connectivity index (χ3v) is 3.24. The van der Waals surface area contributed by atoms with E-state index in [0.29, 0.717) is 18.9 Å². The van der Waals surface area contributed by atoms with E-state index in [2.05, 4.69) is 25.8 Å². The Morgan fingerprint density at radius 1 is 1.29 bits per heavy atom. The fourth-order valence-corrected chi connectivity index (χ4v) is 1.98. The average Bonchev–Trinajstić information content (AvgIpc) is 2.95. The molecular weight excluding hydrogens is 421 g/mol. The second-order valence-electron chi connectivity index (χ2n) is 5.21. The summed E-state index contributed by atoms with van der Waals surface area (Å²) in [4.78, 5) is 17.4. The van der Waals surface area contributed by atoms with Crippen LogP contribution in [-0.2, 0) is 11.2 Å². The number of guanidine groups is 1. The maximum absolute atomic E-state index is 11.6. The lowest BCUT2D eigenvalue weighted by molar-refractivity contribution is -0.127. The number of nitrogens with zero attached hydrogens (tertiary/aromatic N) is 5. The van der Waals surface area contributed by atoms with Crippen LogP contribution in [-0.4, -0.2) is 65.1 Å². The summed E-state index contributed by atoms with van der Waals surface area (Å²) in [7, 11) is 3.43. The number of aliphatic imine (C=N–C) groups is 1. The lowest BCUT2D eigenvalue weighted by Crippen LogP contribution is -2.39. The average molecular weight is 445 g/mol. The Kier molecular flexibility index (Phi) is 8.44. The molecule has 2 aromatic heterocycles. The molecule has 0 saturated carbocycles. The Bertz CT molecular complexity index is 683. The molecule has 2 N–H and O–H groups in total. The van der Waals surface area contributed by atoms with Crippen LogP contribution in [0.4, 0.5) is 0 Å². The van der Waals surface area contributed by atoms with E-state index in [9.17, 15) is 4.79 Å². The summed E-state index contributed by atoms with van der Waals surface area (Å²) < 4.78 is 1.96. The van der Waals surface area contributed by atoms with E-state index in [1.54, 1.807) is 14.1 Å². The Labute approximate surface area is 158 Å². The SMILES string of the molecule is CCNC(=NCC(=O)N(C)C)NCCc1nnc2ccccn12.I. The van der Waals surface area contributed by atoms with E-state index in [1.165, 1.54) is 4.90 Å². The van der Waals surface area contributed by atoms with Crippen LogP contribution in [0.5, 0.6) is 0 Å². The van der Waals surface area contributed by atoms with Crippen molar-refractivity contribution in [3.05, 3.63) is 30.2 Å². The quantitative estimate of drug-likeness (QED) is 0.385. The first kappa shape index (κ1) is 20.1. The molecule has 24 heavy (non-hydrogen) atoms. The van der Waals surface area contributed by atoms with Crippen molar-refractivity contribution in [2.24, 2.45) is 4.99 Å². The van der Waals surface area contributed by atoms with Crippen LogP contribution >= 0.6 is 24.0 Å². The molecule has 8 nitrogen and oxygen atoms in total. The van der Waals surface area contributed by atoms with E-state index in [4.69, 9.17) is 0 Å². The summed E-state index contributed by atoms with van der Waals surface area (Å²) in [5.74, 6) is 1.47. The molecule has 0 aromatic carbocycles. The van der Waals surface area contributed by atoms with Crippen LogP contribution < -0.4 is 10.6 Å². The minimum Gasteiger partial charge on any atom is -0.357 e. The van der Waals surface area contributed by atoms with Gasteiger partial charge in [-0.05, 0) is 19.1 Å². The Morgan fingerprint density at radius 3 is 2.79 bits per heavy atom. The third kappa shape index (κ3) is 5.62. The van der Waals surface area contributed by atoms with E-state index in [1.807, 2.05) is 35.7 Å². The second-order valence-corrected chi connectivity index (χ2v) is 5.21. The smallest absolute Gasteiger partial charge is 0.243 e. The van der Waals surface area contributed by atoms with Crippen LogP contribution in [0.2, 0.25) is 0 Å². The van der Waals surface area contributed by atoms with Crippen molar-refractivity contribution in [2.75, 3.05) is 33.7 Å². The highest BCUT2D eigenvalue weighted by molar-refractivity contribution is 14.0. The minimum absolute atomic E-state index is 0. The standard InChI is InChI=1S/C15H23N7O.HI/c1-4-16-15(18-11-14(23)21(2)3)17-9-8-13-20-19-12-7-5-6-10-22(12)13;/h5-7,10H,4,8-9,11H2,1-3H3,(H2,16,17,18);1H. The highest BCUT2D eigenvalue weighted by atomic mass is 127. The van der Waals surface area contributed by atoms with Gasteiger partial charge in [-0.2, -0.15) is 0 Å². The second kappa shape index (κ2) is 10.1. The Morgan fingerprint density at radius 2 is 2.08 bits per heavy atom. The van der Waals surface area contributed by atoms with Gasteiger partial charge in [-0.3, -0.25) is 9.20 Å². The molecule has 0 atom stereocenters. The van der Waals surface area contributed by atoms with Crippen molar-refractivity contribution >= 4 is 41.5 Å². The summed E-state index contributed by atoms with van der Waals surface area (Å²) in [5.41, 5.74) is 0.833. The first-order chi connectivity index (χ1) is 11.1. The van der Waals surface area contributed by atoms with Gasteiger partial charge in [-0.1, -0.05) is 6.07 Å². The molecule has 0 saturated heterocycles. The first-order valence-electron chi connectivity index (χ1n) is 7.62. The van der Waals surface area contributed by atoms with Gasteiger partial charge in [0.25, 0.3) is 0 Å². The number of carbonyl (C=O) groups is 1. The molecule has 0 radical (unpaired) electrons. The molecule has 2 rings (SSSR count). The molecular formula is C15H24IN7O. The summed E-state index contributed by atoms with van der Waals surface area (Å²) in [6.07, 6.45) is 2.65. The number of likely N-dealkylation sites (N-methyl/N-ethyl adjacent to an activating group) is 1. The number of fused-ring (bicyclic) bond motifs is 1. The van der Waals surface area contributed by atoms with Crippen LogP contribution in [0.1, 0.15) is 12.7 Å². The van der Waals surface area contributed by atoms with Gasteiger partial charge in [0.05, 0.1) is 0 Å². The molecule has 0 aliphatic carbocycles. The zero-order valence-electron chi connectivity index (χ0n) is 14.2. The maximum atomic E-state index is 11.6. The normalized spacial score (nSPS) is 11.0. The highest BCUT2D eigenvalue weighted by Gasteiger charge is 2.06. The van der Waals surface area contributed by atoms with Crippen molar-refractivity contribution < 1.29 is 4.79 Å². The summed E-state index contributed by atoms with van der Waals surface area (Å²) >= 11 is 0. The summed E-state index contributed by atoms with van der Waals surface area (Å²) in [6.45, 7) is 3.49. The van der Waals surface area contributed by atoms with Crippen LogP contribution in [0, 0.1) is 0 Å². The number of hydrogen-bond donors (Lipinski definition) is 2. The number of amides is 1. The van der Waals surface area contributed by atoms with Crippen LogP contribution in [0.15, 0.2) is 29.4 Å². The maximum Gasteiger partial charge on any atom is 0.243 e. The number of rotatable bonds is 6. The molecule has 2 heterocycles. The lowest BCUT2D eigenvalue weighted by Gasteiger charge is -2.12. The van der Waals surface area contributed by atoms with Gasteiger partial charge in [0.15, 0.2) is 11.6 Å². The van der Waals surface area contributed by atoms with Crippen LogP contribution in [0.3, 0.4) is 0 Å². The minimum atomic E-state index is -0.0364. The summed E-state index contributed by atoms with van der Waals surface area (Å²) in [5, 5.41) is 14.6. The Hall–Kier alpha value is -1.91. The topological polar surface area (TPSA) is 86.9 Å². The van der Waals surface area contributed by atoms with E-state index >= 15 is 0 Å². The molecule has 0 aliphatic heterocycles. The van der Waals surface area contributed by atoms with Crippen molar-refractivity contribution in [3.8, 4) is 0 Å². The molecule has 0 aliphatic rings. The van der Waals surface area contributed by atoms with Gasteiger partial charge in [0.2, 0.25) is 5.91 Å². The predicted octanol–water partition coefficient (Wildman–Crippen LogP) is 0.533. The number of hydrogen-bond acceptors (Lipinski definition) is 4. The van der Waals surface area contributed by atoms with E-state index < -0.39 is 0 Å². The van der Waals surface area contributed by atoms with E-state index in [-0.39, 0.29) is 36.4 Å². The largest absolute Gasteiger partial charge is 0.357 e. The number of aromatic nitrogens is 3. The Balaban J connectivity index is 0.00000288. The molecule has 0 bridgehead atoms. The van der Waals surface area contributed by atoms with Gasteiger partial charge in [-0.25, -0.2) is 4.99 Å². The summed E-state index contributed by atoms with van der Waals surface area (Å²) in [6, 6.07) is 5.80. The van der Waals surface area contributed by atoms with Gasteiger partial charge < -0.3 is 15.5 Å². The molecule has 0 spiro atoms. The zero-order valence-corrected chi connectivity index (χ0v) is 16.5.